The van der Waals surface area contributed by atoms with Crippen LogP contribution in [0.15, 0.2) is 23.8 Å². The second-order valence-electron chi connectivity index (χ2n) is 10.6. The van der Waals surface area contributed by atoms with Gasteiger partial charge in [-0.1, -0.05) is 30.7 Å². The van der Waals surface area contributed by atoms with E-state index in [1.54, 1.807) is 0 Å². The van der Waals surface area contributed by atoms with Gasteiger partial charge in [0.1, 0.15) is 0 Å². The fraction of sp³-hybridized carbons (Fsp3) is 0.793. The van der Waals surface area contributed by atoms with Gasteiger partial charge in [-0.25, -0.2) is 0 Å². The van der Waals surface area contributed by atoms with E-state index in [-0.39, 0.29) is 31.4 Å². The molecule has 0 radical (unpaired) electrons. The molecule has 190 valence electrons. The van der Waals surface area contributed by atoms with E-state index in [2.05, 4.69) is 30.9 Å². The molecule has 4 rings (SSSR count). The highest BCUT2D eigenvalue weighted by molar-refractivity contribution is 5.18. The Morgan fingerprint density at radius 1 is 1.09 bits per heavy atom. The summed E-state index contributed by atoms with van der Waals surface area (Å²) < 4.78 is 24.9. The number of ether oxygens (including phenoxy) is 4. The van der Waals surface area contributed by atoms with Gasteiger partial charge in [-0.15, -0.1) is 11.8 Å². The lowest BCUT2D eigenvalue weighted by Crippen LogP contribution is -2.32. The van der Waals surface area contributed by atoms with Gasteiger partial charge in [0.2, 0.25) is 0 Å². The van der Waals surface area contributed by atoms with E-state index in [1.165, 1.54) is 12.0 Å². The predicted octanol–water partition coefficient (Wildman–Crippen LogP) is 5.38. The van der Waals surface area contributed by atoms with E-state index in [0.29, 0.717) is 23.7 Å². The van der Waals surface area contributed by atoms with Crippen molar-refractivity contribution in [3.8, 4) is 11.8 Å². The van der Waals surface area contributed by atoms with Crippen molar-refractivity contribution in [3.05, 3.63) is 23.8 Å². The number of hydrogen-bond donors (Lipinski definition) is 1. The van der Waals surface area contributed by atoms with Crippen LogP contribution in [-0.2, 0) is 18.9 Å². The summed E-state index contributed by atoms with van der Waals surface area (Å²) >= 11 is 0. The molecule has 2 unspecified atom stereocenters. The Kier molecular flexibility index (Phi) is 10.1. The zero-order chi connectivity index (χ0) is 23.8. The summed E-state index contributed by atoms with van der Waals surface area (Å²) in [5.74, 6) is 8.07. The van der Waals surface area contributed by atoms with E-state index in [0.717, 1.165) is 71.0 Å². The average Bonchev–Trinajstić information content (AvgIpc) is 3.38. The van der Waals surface area contributed by atoms with Crippen molar-refractivity contribution in [2.45, 2.75) is 103 Å². The van der Waals surface area contributed by atoms with E-state index >= 15 is 0 Å². The van der Waals surface area contributed by atoms with Crippen LogP contribution >= 0.6 is 0 Å². The first-order valence-corrected chi connectivity index (χ1v) is 13.6. The lowest BCUT2D eigenvalue weighted by Gasteiger charge is -2.31. The molecule has 0 aromatic rings. The highest BCUT2D eigenvalue weighted by atomic mass is 16.7. The van der Waals surface area contributed by atoms with Gasteiger partial charge < -0.3 is 24.1 Å². The summed E-state index contributed by atoms with van der Waals surface area (Å²) in [5, 5.41) is 9.42. The largest absolute Gasteiger partial charge is 0.392 e. The number of fused-ring (bicyclic) bond motifs is 1. The Bertz CT molecular complexity index is 737. The summed E-state index contributed by atoms with van der Waals surface area (Å²) in [6.07, 6.45) is 17.2. The second kappa shape index (κ2) is 13.2. The van der Waals surface area contributed by atoms with Crippen LogP contribution in [0.3, 0.4) is 0 Å². The van der Waals surface area contributed by atoms with Crippen LogP contribution in [0.4, 0.5) is 0 Å². The first kappa shape index (κ1) is 25.9. The van der Waals surface area contributed by atoms with Crippen LogP contribution in [0.5, 0.6) is 0 Å². The van der Waals surface area contributed by atoms with Gasteiger partial charge in [-0.05, 0) is 82.5 Å². The number of rotatable bonds is 9. The van der Waals surface area contributed by atoms with E-state index < -0.39 is 0 Å². The van der Waals surface area contributed by atoms with Crippen molar-refractivity contribution < 1.29 is 24.1 Å². The summed E-state index contributed by atoms with van der Waals surface area (Å²) in [7, 11) is 0. The van der Waals surface area contributed by atoms with Gasteiger partial charge in [0.05, 0.1) is 18.8 Å². The van der Waals surface area contributed by atoms with Crippen molar-refractivity contribution in [1.82, 2.24) is 0 Å². The van der Waals surface area contributed by atoms with E-state index in [1.807, 2.05) is 13.0 Å². The van der Waals surface area contributed by atoms with Crippen LogP contribution in [-0.4, -0.2) is 49.7 Å². The maximum atomic E-state index is 9.42. The van der Waals surface area contributed by atoms with Crippen LogP contribution in [0.25, 0.3) is 0 Å². The molecule has 34 heavy (non-hydrogen) atoms. The Morgan fingerprint density at radius 2 is 1.85 bits per heavy atom. The first-order chi connectivity index (χ1) is 16.7. The third-order valence-corrected chi connectivity index (χ3v) is 8.06. The maximum Gasteiger partial charge on any atom is 0.158 e. The zero-order valence-corrected chi connectivity index (χ0v) is 21.1. The summed E-state index contributed by atoms with van der Waals surface area (Å²) in [5.41, 5.74) is 1.40. The average molecular weight is 473 g/mol. The first-order valence-electron chi connectivity index (χ1n) is 13.6. The molecular weight excluding hydrogens is 428 g/mol. The smallest absolute Gasteiger partial charge is 0.158 e. The number of allylic oxidation sites excluding steroid dienone is 1. The van der Waals surface area contributed by atoms with Gasteiger partial charge in [-0.3, -0.25) is 0 Å². The SMILES string of the molecule is CC#CC[C@H](C)[C@@H](/C=C\[C@@H]1[C@H]2CC(=CCO)C[C@H]2C[C@H]1OC1CCCCO1)OC1CCCCO1. The van der Waals surface area contributed by atoms with Crippen molar-refractivity contribution in [2.24, 2.45) is 23.7 Å². The number of aliphatic hydroxyl groups is 1. The van der Waals surface area contributed by atoms with Crippen molar-refractivity contribution in [2.75, 3.05) is 19.8 Å². The number of hydrogen-bond acceptors (Lipinski definition) is 5. The van der Waals surface area contributed by atoms with Gasteiger partial charge >= 0.3 is 0 Å². The monoisotopic (exact) mass is 472 g/mol. The minimum Gasteiger partial charge on any atom is -0.392 e. The molecule has 4 aliphatic rings. The standard InChI is InChI=1S/C29H44O5/c1-3-4-9-21(2)26(33-28-10-5-7-16-31-28)13-12-24-25-19-22(14-15-30)18-23(25)20-27(24)34-29-11-6-8-17-32-29/h12-14,21,23-30H,5-11,15-20H2,1-2H3/b13-12-,22-14?/t21-,23-,24+,25-,26+,27+,28?,29?/m0/s1. The molecule has 0 amide bonds. The highest BCUT2D eigenvalue weighted by Gasteiger charge is 2.47. The molecule has 0 aromatic heterocycles. The molecule has 1 N–H and O–H groups in total. The third-order valence-electron chi connectivity index (χ3n) is 8.06. The number of aliphatic hydroxyl groups excluding tert-OH is 1. The van der Waals surface area contributed by atoms with Crippen LogP contribution in [0.2, 0.25) is 0 Å². The predicted molar refractivity (Wildman–Crippen MR) is 133 cm³/mol. The Labute approximate surface area is 206 Å². The second-order valence-corrected chi connectivity index (χ2v) is 10.6. The molecule has 4 fully saturated rings. The minimum absolute atomic E-state index is 0.0246. The molecule has 2 saturated carbocycles. The van der Waals surface area contributed by atoms with Gasteiger partial charge in [0.15, 0.2) is 12.6 Å². The van der Waals surface area contributed by atoms with Crippen LogP contribution in [0.1, 0.15) is 78.1 Å². The minimum atomic E-state index is -0.120. The normalized spacial score (nSPS) is 36.9. The lowest BCUT2D eigenvalue weighted by atomic mass is 9.89. The molecular formula is C29H44O5. The zero-order valence-electron chi connectivity index (χ0n) is 21.1. The molecule has 0 aromatic carbocycles. The summed E-state index contributed by atoms with van der Waals surface area (Å²) in [6.45, 7) is 5.85. The quantitative estimate of drug-likeness (QED) is 0.361. The topological polar surface area (TPSA) is 57.2 Å². The Morgan fingerprint density at radius 3 is 2.53 bits per heavy atom. The van der Waals surface area contributed by atoms with Crippen LogP contribution < -0.4 is 0 Å². The molecule has 2 aliphatic heterocycles. The van der Waals surface area contributed by atoms with Gasteiger partial charge in [-0.2, -0.15) is 0 Å². The fourth-order valence-corrected chi connectivity index (χ4v) is 6.18. The Hall–Kier alpha value is -1.16. The molecule has 2 heterocycles. The Balaban J connectivity index is 1.49. The lowest BCUT2D eigenvalue weighted by molar-refractivity contribution is -0.193. The van der Waals surface area contributed by atoms with E-state index in [9.17, 15) is 5.11 Å². The van der Waals surface area contributed by atoms with Gasteiger partial charge in [0, 0.05) is 25.6 Å². The molecule has 5 heteroatoms. The third kappa shape index (κ3) is 6.95. The summed E-state index contributed by atoms with van der Waals surface area (Å²) in [4.78, 5) is 0. The molecule has 0 bridgehead atoms. The summed E-state index contributed by atoms with van der Waals surface area (Å²) in [6, 6.07) is 0. The van der Waals surface area contributed by atoms with Crippen molar-refractivity contribution in [1.29, 1.82) is 0 Å². The van der Waals surface area contributed by atoms with Crippen molar-refractivity contribution >= 4 is 0 Å². The fourth-order valence-electron chi connectivity index (χ4n) is 6.18. The molecule has 5 nitrogen and oxygen atoms in total. The van der Waals surface area contributed by atoms with Crippen LogP contribution in [0, 0.1) is 35.5 Å². The van der Waals surface area contributed by atoms with E-state index in [4.69, 9.17) is 18.9 Å². The van der Waals surface area contributed by atoms with Crippen molar-refractivity contribution in [3.63, 3.8) is 0 Å². The maximum absolute atomic E-state index is 9.42. The molecule has 2 saturated heterocycles. The molecule has 2 aliphatic carbocycles. The molecule has 8 atom stereocenters. The molecule has 0 spiro atoms. The highest BCUT2D eigenvalue weighted by Crippen LogP contribution is 2.51. The van der Waals surface area contributed by atoms with Gasteiger partial charge in [0.25, 0.3) is 0 Å².